The minimum absolute atomic E-state index is 0.450. The molecule has 3 aromatic rings. The van der Waals surface area contributed by atoms with Gasteiger partial charge in [0, 0.05) is 27.6 Å². The number of nitrogens with zero attached hydrogens (tertiary/aromatic N) is 3. The van der Waals surface area contributed by atoms with Crippen LogP contribution in [-0.2, 0) is 0 Å². The van der Waals surface area contributed by atoms with Crippen molar-refractivity contribution in [2.24, 2.45) is 0 Å². The summed E-state index contributed by atoms with van der Waals surface area (Å²) < 4.78 is 1.87. The lowest BCUT2D eigenvalue weighted by Gasteiger charge is -2.09. The highest BCUT2D eigenvalue weighted by Gasteiger charge is 2.13. The Morgan fingerprint density at radius 2 is 2.00 bits per heavy atom. The summed E-state index contributed by atoms with van der Waals surface area (Å²) in [6.07, 6.45) is 3.78. The Hall–Kier alpha value is -1.23. The van der Waals surface area contributed by atoms with Crippen LogP contribution in [0.1, 0.15) is 5.69 Å². The Balaban J connectivity index is 2.35. The van der Waals surface area contributed by atoms with E-state index in [2.05, 4.69) is 10.1 Å². The number of hydrogen-bond donors (Lipinski definition) is 0. The summed E-state index contributed by atoms with van der Waals surface area (Å²) in [7, 11) is 0. The van der Waals surface area contributed by atoms with Gasteiger partial charge in [-0.3, -0.25) is 0 Å². The van der Waals surface area contributed by atoms with Crippen molar-refractivity contribution in [3.63, 3.8) is 0 Å². The van der Waals surface area contributed by atoms with Gasteiger partial charge in [-0.15, -0.1) is 11.8 Å². The number of fused-ring (bicyclic) bond motifs is 1. The molecule has 2 heterocycles. The fraction of sp³-hybridized carbons (Fsp3) is 0.143. The van der Waals surface area contributed by atoms with Gasteiger partial charge in [0.2, 0.25) is 0 Å². The van der Waals surface area contributed by atoms with Gasteiger partial charge in [0.1, 0.15) is 5.15 Å². The lowest BCUT2D eigenvalue weighted by atomic mass is 10.2. The molecule has 0 saturated carbocycles. The summed E-state index contributed by atoms with van der Waals surface area (Å²) in [6, 6.07) is 7.60. The second-order valence-electron chi connectivity index (χ2n) is 4.34. The molecule has 0 N–H and O–H groups in total. The van der Waals surface area contributed by atoms with Crippen LogP contribution < -0.4 is 0 Å². The molecule has 0 aliphatic carbocycles. The van der Waals surface area contributed by atoms with Crippen molar-refractivity contribution in [1.82, 2.24) is 14.8 Å². The van der Waals surface area contributed by atoms with Crippen LogP contribution >= 0.6 is 35.0 Å². The van der Waals surface area contributed by atoms with E-state index in [1.165, 1.54) is 0 Å². The Labute approximate surface area is 130 Å². The van der Waals surface area contributed by atoms with Gasteiger partial charge in [-0.2, -0.15) is 5.10 Å². The van der Waals surface area contributed by atoms with Gasteiger partial charge in [-0.05, 0) is 31.4 Å². The topological polar surface area (TPSA) is 30.7 Å². The van der Waals surface area contributed by atoms with Gasteiger partial charge in [0.15, 0.2) is 0 Å². The molecule has 20 heavy (non-hydrogen) atoms. The van der Waals surface area contributed by atoms with Gasteiger partial charge in [0.05, 0.1) is 16.9 Å². The highest BCUT2D eigenvalue weighted by molar-refractivity contribution is 7.98. The van der Waals surface area contributed by atoms with Crippen molar-refractivity contribution >= 4 is 45.9 Å². The van der Waals surface area contributed by atoms with Crippen LogP contribution in [0.4, 0.5) is 0 Å². The first kappa shape index (κ1) is 13.7. The maximum Gasteiger partial charge on any atom is 0.131 e. The summed E-state index contributed by atoms with van der Waals surface area (Å²) in [5.41, 5.74) is 2.79. The maximum atomic E-state index is 6.12. The predicted octanol–water partition coefficient (Wildman–Crippen LogP) is 4.76. The third-order valence-electron chi connectivity index (χ3n) is 3.09. The summed E-state index contributed by atoms with van der Waals surface area (Å²) in [5, 5.41) is 6.71. The summed E-state index contributed by atoms with van der Waals surface area (Å²) >= 11 is 13.8. The van der Waals surface area contributed by atoms with E-state index in [0.29, 0.717) is 10.2 Å². The van der Waals surface area contributed by atoms with Crippen molar-refractivity contribution in [2.45, 2.75) is 11.8 Å². The number of benzene rings is 1. The van der Waals surface area contributed by atoms with Crippen LogP contribution in [0.3, 0.4) is 0 Å². The van der Waals surface area contributed by atoms with Gasteiger partial charge < -0.3 is 0 Å². The van der Waals surface area contributed by atoms with E-state index in [-0.39, 0.29) is 0 Å². The second kappa shape index (κ2) is 5.28. The highest BCUT2D eigenvalue weighted by atomic mass is 35.5. The first-order valence-electron chi connectivity index (χ1n) is 5.95. The van der Waals surface area contributed by atoms with Crippen LogP contribution in [0.5, 0.6) is 0 Å². The van der Waals surface area contributed by atoms with Crippen molar-refractivity contribution in [3.05, 3.63) is 46.3 Å². The normalized spacial score (nSPS) is 11.2. The van der Waals surface area contributed by atoms with Crippen molar-refractivity contribution in [1.29, 1.82) is 0 Å². The molecule has 0 radical (unpaired) electrons. The first-order chi connectivity index (χ1) is 9.60. The van der Waals surface area contributed by atoms with E-state index >= 15 is 0 Å². The summed E-state index contributed by atoms with van der Waals surface area (Å²) in [4.78, 5) is 5.22. The molecule has 0 bridgehead atoms. The number of hydrogen-bond acceptors (Lipinski definition) is 3. The first-order valence-corrected chi connectivity index (χ1v) is 7.93. The number of aromatic nitrogens is 3. The smallest absolute Gasteiger partial charge is 0.131 e. The largest absolute Gasteiger partial charge is 0.244 e. The molecule has 2 aromatic heterocycles. The average molecular weight is 324 g/mol. The third kappa shape index (κ3) is 2.28. The number of aryl methyl sites for hydroxylation is 1. The minimum atomic E-state index is 0.450. The molecule has 0 fully saturated rings. The molecule has 3 rings (SSSR count). The van der Waals surface area contributed by atoms with Gasteiger partial charge in [-0.25, -0.2) is 9.67 Å². The van der Waals surface area contributed by atoms with Crippen LogP contribution in [0.25, 0.3) is 16.6 Å². The Bertz CT molecular complexity index is 798. The molecule has 0 atom stereocenters. The number of pyridine rings is 1. The highest BCUT2D eigenvalue weighted by Crippen LogP contribution is 2.30. The van der Waals surface area contributed by atoms with Crippen molar-refractivity contribution in [2.75, 3.05) is 6.26 Å². The fourth-order valence-corrected chi connectivity index (χ4v) is 3.02. The molecule has 102 valence electrons. The lowest BCUT2D eigenvalue weighted by Crippen LogP contribution is -1.99. The zero-order chi connectivity index (χ0) is 14.3. The standard InChI is InChI=1S/C14H11Cl2N3S/c1-8-10-7-17-14(16)6-11(10)19(18-8)12-5-9(15)3-4-13(12)20-2/h3-7H,1-2H3. The molecular formula is C14H11Cl2N3S. The average Bonchev–Trinajstić information content (AvgIpc) is 2.75. The third-order valence-corrected chi connectivity index (χ3v) is 4.31. The Morgan fingerprint density at radius 3 is 2.75 bits per heavy atom. The predicted molar refractivity (Wildman–Crippen MR) is 85.4 cm³/mol. The maximum absolute atomic E-state index is 6.12. The zero-order valence-electron chi connectivity index (χ0n) is 10.9. The van der Waals surface area contributed by atoms with E-state index in [1.807, 2.05) is 42.1 Å². The summed E-state index contributed by atoms with van der Waals surface area (Å²) in [5.74, 6) is 0. The van der Waals surface area contributed by atoms with E-state index in [1.54, 1.807) is 18.0 Å². The van der Waals surface area contributed by atoms with Gasteiger partial charge in [0.25, 0.3) is 0 Å². The Kier molecular flexibility index (Phi) is 3.63. The van der Waals surface area contributed by atoms with Gasteiger partial charge in [-0.1, -0.05) is 23.2 Å². The van der Waals surface area contributed by atoms with Crippen LogP contribution in [0.15, 0.2) is 35.4 Å². The molecule has 3 nitrogen and oxygen atoms in total. The SMILES string of the molecule is CSc1ccc(Cl)cc1-n1nc(C)c2cnc(Cl)cc21. The summed E-state index contributed by atoms with van der Waals surface area (Å²) in [6.45, 7) is 1.96. The van der Waals surface area contributed by atoms with Crippen molar-refractivity contribution in [3.8, 4) is 5.69 Å². The molecule has 1 aromatic carbocycles. The monoisotopic (exact) mass is 323 g/mol. The molecule has 0 amide bonds. The minimum Gasteiger partial charge on any atom is -0.244 e. The van der Waals surface area contributed by atoms with Crippen LogP contribution in [0.2, 0.25) is 10.2 Å². The van der Waals surface area contributed by atoms with Gasteiger partial charge >= 0.3 is 0 Å². The lowest BCUT2D eigenvalue weighted by molar-refractivity contribution is 0.872. The molecule has 0 aliphatic rings. The number of halogens is 2. The van der Waals surface area contributed by atoms with Crippen LogP contribution in [-0.4, -0.2) is 21.0 Å². The molecule has 0 unspecified atom stereocenters. The van der Waals surface area contributed by atoms with E-state index in [4.69, 9.17) is 23.2 Å². The fourth-order valence-electron chi connectivity index (χ4n) is 2.14. The Morgan fingerprint density at radius 1 is 1.20 bits per heavy atom. The van der Waals surface area contributed by atoms with E-state index in [9.17, 15) is 0 Å². The molecule has 0 saturated heterocycles. The number of thioether (sulfide) groups is 1. The van der Waals surface area contributed by atoms with E-state index in [0.717, 1.165) is 27.2 Å². The molecule has 0 aliphatic heterocycles. The number of rotatable bonds is 2. The van der Waals surface area contributed by atoms with Crippen molar-refractivity contribution < 1.29 is 0 Å². The molecular weight excluding hydrogens is 313 g/mol. The molecule has 6 heteroatoms. The zero-order valence-corrected chi connectivity index (χ0v) is 13.2. The molecule has 0 spiro atoms. The quantitative estimate of drug-likeness (QED) is 0.503. The second-order valence-corrected chi connectivity index (χ2v) is 6.01. The van der Waals surface area contributed by atoms with Crippen LogP contribution in [0, 0.1) is 6.92 Å². The van der Waals surface area contributed by atoms with E-state index < -0.39 is 0 Å².